The molecular formula is C28H48N2O. The van der Waals surface area contributed by atoms with Crippen molar-refractivity contribution in [3.8, 4) is 0 Å². The van der Waals surface area contributed by atoms with E-state index in [1.807, 2.05) is 0 Å². The van der Waals surface area contributed by atoms with Gasteiger partial charge >= 0.3 is 0 Å². The molecule has 0 aromatic rings. The summed E-state index contributed by atoms with van der Waals surface area (Å²) in [6.07, 6.45) is 16.9. The number of fused-ring (bicyclic) bond motifs is 5. The monoisotopic (exact) mass is 428 g/mol. The Morgan fingerprint density at radius 3 is 2.58 bits per heavy atom. The largest absolute Gasteiger partial charge is 0.294 e. The molecule has 0 bridgehead atoms. The van der Waals surface area contributed by atoms with E-state index in [4.69, 9.17) is 5.84 Å². The molecule has 4 rings (SSSR count). The van der Waals surface area contributed by atoms with Crippen LogP contribution in [0.5, 0.6) is 0 Å². The highest BCUT2D eigenvalue weighted by Gasteiger charge is 2.59. The Balaban J connectivity index is 1.48. The van der Waals surface area contributed by atoms with Crippen molar-refractivity contribution < 1.29 is 4.79 Å². The molecule has 3 nitrogen and oxygen atoms in total. The lowest BCUT2D eigenvalue weighted by Crippen LogP contribution is -2.51. The fourth-order valence-corrected chi connectivity index (χ4v) is 9.03. The van der Waals surface area contributed by atoms with E-state index in [0.717, 1.165) is 54.8 Å². The maximum atomic E-state index is 12.2. The molecule has 0 saturated heterocycles. The van der Waals surface area contributed by atoms with Crippen molar-refractivity contribution in [3.05, 3.63) is 11.6 Å². The molecule has 4 aliphatic rings. The first kappa shape index (κ1) is 23.3. The predicted octanol–water partition coefficient (Wildman–Crippen LogP) is 6.63. The second kappa shape index (κ2) is 8.84. The lowest BCUT2D eigenvalue weighted by molar-refractivity contribution is -0.126. The van der Waals surface area contributed by atoms with Crippen LogP contribution < -0.4 is 11.3 Å². The zero-order valence-electron chi connectivity index (χ0n) is 20.9. The Morgan fingerprint density at radius 2 is 1.87 bits per heavy atom. The Hall–Kier alpha value is -0.830. The number of carbonyl (C=O) groups excluding carboxylic acids is 1. The summed E-state index contributed by atoms with van der Waals surface area (Å²) in [7, 11) is 0. The number of carbonyl (C=O) groups is 1. The number of nitrogens with two attached hydrogens (primary N) is 1. The summed E-state index contributed by atoms with van der Waals surface area (Å²) in [5.41, 5.74) is 4.85. The average molecular weight is 429 g/mol. The van der Waals surface area contributed by atoms with Gasteiger partial charge in [0.15, 0.2) is 0 Å². The summed E-state index contributed by atoms with van der Waals surface area (Å²) in [6.45, 7) is 12.5. The van der Waals surface area contributed by atoms with Crippen molar-refractivity contribution in [2.75, 3.05) is 0 Å². The third-order valence-electron chi connectivity index (χ3n) is 10.8. The van der Waals surface area contributed by atoms with Crippen LogP contribution in [-0.2, 0) is 4.79 Å². The standard InChI is InChI=1S/C28H48N2O/c1-18(2)7-6-8-19(3)23-11-12-24-22-10-9-21-17-20(26(31)30-29)13-15-27(21,4)25(22)14-16-28(23,24)5/h9,18-20,22-25H,6-8,10-17,29H2,1-5H3,(H,30,31)/t19-,20+,22+,23-,24+,25+,27+,28-/m1/s1. The van der Waals surface area contributed by atoms with Crippen LogP contribution >= 0.6 is 0 Å². The molecule has 0 spiro atoms. The van der Waals surface area contributed by atoms with Gasteiger partial charge in [-0.05, 0) is 97.7 Å². The van der Waals surface area contributed by atoms with Gasteiger partial charge in [-0.15, -0.1) is 0 Å². The van der Waals surface area contributed by atoms with Gasteiger partial charge in [0.1, 0.15) is 0 Å². The minimum absolute atomic E-state index is 0.0337. The van der Waals surface area contributed by atoms with E-state index in [0.29, 0.717) is 10.8 Å². The number of hydrogen-bond acceptors (Lipinski definition) is 2. The van der Waals surface area contributed by atoms with Gasteiger partial charge in [-0.25, -0.2) is 5.84 Å². The minimum Gasteiger partial charge on any atom is -0.294 e. The Bertz CT molecular complexity index is 699. The van der Waals surface area contributed by atoms with Crippen molar-refractivity contribution in [2.45, 2.75) is 105 Å². The van der Waals surface area contributed by atoms with Crippen molar-refractivity contribution in [3.63, 3.8) is 0 Å². The predicted molar refractivity (Wildman–Crippen MR) is 129 cm³/mol. The van der Waals surface area contributed by atoms with E-state index < -0.39 is 0 Å². The topological polar surface area (TPSA) is 55.1 Å². The van der Waals surface area contributed by atoms with E-state index in [-0.39, 0.29) is 11.8 Å². The summed E-state index contributed by atoms with van der Waals surface area (Å²) in [6, 6.07) is 0. The van der Waals surface area contributed by atoms with Crippen molar-refractivity contribution in [1.82, 2.24) is 5.43 Å². The summed E-state index contributed by atoms with van der Waals surface area (Å²) in [5.74, 6) is 10.8. The highest BCUT2D eigenvalue weighted by Crippen LogP contribution is 2.67. The third-order valence-corrected chi connectivity index (χ3v) is 10.8. The number of amides is 1. The lowest BCUT2D eigenvalue weighted by Gasteiger charge is -2.58. The first-order chi connectivity index (χ1) is 14.7. The third kappa shape index (κ3) is 4.02. The number of hydrazine groups is 1. The Kier molecular flexibility index (Phi) is 6.65. The van der Waals surface area contributed by atoms with E-state index >= 15 is 0 Å². The minimum atomic E-state index is 0.0337. The first-order valence-electron chi connectivity index (χ1n) is 13.4. The number of hydrogen-bond donors (Lipinski definition) is 2. The van der Waals surface area contributed by atoms with E-state index in [1.165, 1.54) is 51.4 Å². The first-order valence-corrected chi connectivity index (χ1v) is 13.4. The van der Waals surface area contributed by atoms with Crippen LogP contribution in [0, 0.1) is 52.3 Å². The molecule has 3 heteroatoms. The zero-order valence-corrected chi connectivity index (χ0v) is 20.9. The molecule has 0 aromatic carbocycles. The molecule has 8 atom stereocenters. The lowest BCUT2D eigenvalue weighted by atomic mass is 9.46. The quantitative estimate of drug-likeness (QED) is 0.216. The molecular weight excluding hydrogens is 380 g/mol. The van der Waals surface area contributed by atoms with Gasteiger partial charge in [-0.3, -0.25) is 10.2 Å². The second-order valence-electron chi connectivity index (χ2n) is 12.7. The number of rotatable bonds is 6. The van der Waals surface area contributed by atoms with Crippen LogP contribution in [0.4, 0.5) is 0 Å². The summed E-state index contributed by atoms with van der Waals surface area (Å²) in [5, 5.41) is 0. The SMILES string of the molecule is CC(C)CCC[C@@H](C)[C@H]1CC[C@H]2[C@@H]3CC=C4C[C@@H](C(=O)NN)CC[C@]4(C)[C@H]3CC[C@]12C. The van der Waals surface area contributed by atoms with E-state index in [1.54, 1.807) is 5.57 Å². The molecule has 3 saturated carbocycles. The highest BCUT2D eigenvalue weighted by molar-refractivity contribution is 5.78. The Morgan fingerprint density at radius 1 is 1.10 bits per heavy atom. The van der Waals surface area contributed by atoms with Gasteiger partial charge in [0, 0.05) is 5.92 Å². The van der Waals surface area contributed by atoms with Gasteiger partial charge in [0.25, 0.3) is 0 Å². The maximum absolute atomic E-state index is 12.2. The molecule has 3 fully saturated rings. The molecule has 0 radical (unpaired) electrons. The number of allylic oxidation sites excluding steroid dienone is 2. The maximum Gasteiger partial charge on any atom is 0.237 e. The van der Waals surface area contributed by atoms with Gasteiger partial charge in [0.05, 0.1) is 0 Å². The molecule has 0 unspecified atom stereocenters. The zero-order chi connectivity index (χ0) is 22.4. The molecule has 3 N–H and O–H groups in total. The summed E-state index contributed by atoms with van der Waals surface area (Å²) in [4.78, 5) is 12.2. The van der Waals surface area contributed by atoms with Gasteiger partial charge in [-0.1, -0.05) is 65.5 Å². The highest BCUT2D eigenvalue weighted by atomic mass is 16.2. The van der Waals surface area contributed by atoms with Gasteiger partial charge in [0.2, 0.25) is 5.91 Å². The smallest absolute Gasteiger partial charge is 0.237 e. The number of nitrogens with one attached hydrogen (secondary N) is 1. The van der Waals surface area contributed by atoms with Crippen LogP contribution in [0.1, 0.15) is 105 Å². The molecule has 1 amide bonds. The fourth-order valence-electron chi connectivity index (χ4n) is 9.03. The van der Waals surface area contributed by atoms with Crippen LogP contribution in [-0.4, -0.2) is 5.91 Å². The van der Waals surface area contributed by atoms with Gasteiger partial charge < -0.3 is 0 Å². The molecule has 0 aliphatic heterocycles. The van der Waals surface area contributed by atoms with Crippen molar-refractivity contribution in [2.24, 2.45) is 58.1 Å². The average Bonchev–Trinajstić information content (AvgIpc) is 3.09. The van der Waals surface area contributed by atoms with Crippen LogP contribution in [0.2, 0.25) is 0 Å². The molecule has 31 heavy (non-hydrogen) atoms. The van der Waals surface area contributed by atoms with Crippen LogP contribution in [0.15, 0.2) is 11.6 Å². The Labute approximate surface area is 191 Å². The molecule has 0 heterocycles. The van der Waals surface area contributed by atoms with Crippen LogP contribution in [0.3, 0.4) is 0 Å². The molecule has 0 aromatic heterocycles. The van der Waals surface area contributed by atoms with Crippen LogP contribution in [0.25, 0.3) is 0 Å². The van der Waals surface area contributed by atoms with E-state index in [2.05, 4.69) is 46.1 Å². The fraction of sp³-hybridized carbons (Fsp3) is 0.893. The second-order valence-corrected chi connectivity index (χ2v) is 12.7. The summed E-state index contributed by atoms with van der Waals surface area (Å²) < 4.78 is 0. The van der Waals surface area contributed by atoms with Crippen molar-refractivity contribution >= 4 is 5.91 Å². The normalized spacial score (nSPS) is 42.9. The van der Waals surface area contributed by atoms with Crippen molar-refractivity contribution in [1.29, 1.82) is 0 Å². The molecule has 4 aliphatic carbocycles. The van der Waals surface area contributed by atoms with Gasteiger partial charge in [-0.2, -0.15) is 0 Å². The van der Waals surface area contributed by atoms with E-state index in [9.17, 15) is 4.79 Å². The summed E-state index contributed by atoms with van der Waals surface area (Å²) >= 11 is 0. The molecule has 176 valence electrons.